The maximum absolute atomic E-state index is 5.88. The number of hydrogen-bond acceptors (Lipinski definition) is 8. The van der Waals surface area contributed by atoms with E-state index in [1.165, 1.54) is 6.33 Å². The van der Waals surface area contributed by atoms with Gasteiger partial charge < -0.3 is 20.0 Å². The molecule has 2 N–H and O–H groups in total. The summed E-state index contributed by atoms with van der Waals surface area (Å²) in [6.45, 7) is 3.24. The Morgan fingerprint density at radius 3 is 2.54 bits per heavy atom. The molecule has 130 valence electrons. The zero-order chi connectivity index (χ0) is 17.5. The smallest absolute Gasteiger partial charge is 0.298 e. The van der Waals surface area contributed by atoms with Gasteiger partial charge in [-0.2, -0.15) is 4.98 Å². The Morgan fingerprint density at radius 2 is 1.69 bits per heavy atom. The minimum absolute atomic E-state index is 0.461. The highest BCUT2D eigenvalue weighted by atomic mass is 16.4. The summed E-state index contributed by atoms with van der Waals surface area (Å²) in [7, 11) is 0. The fourth-order valence-electron chi connectivity index (χ4n) is 3.30. The number of nitrogen functional groups attached to an aromatic ring is 1. The van der Waals surface area contributed by atoms with Crippen molar-refractivity contribution in [3.63, 3.8) is 0 Å². The first kappa shape index (κ1) is 14.9. The quantitative estimate of drug-likeness (QED) is 0.588. The van der Waals surface area contributed by atoms with E-state index in [9.17, 15) is 0 Å². The maximum Gasteiger partial charge on any atom is 0.298 e. The second kappa shape index (κ2) is 5.83. The molecule has 5 rings (SSSR count). The third kappa shape index (κ3) is 2.46. The van der Waals surface area contributed by atoms with Crippen LogP contribution in [0.2, 0.25) is 0 Å². The summed E-state index contributed by atoms with van der Waals surface area (Å²) in [6, 6.07) is 12.2. The van der Waals surface area contributed by atoms with Crippen LogP contribution in [0.25, 0.3) is 22.1 Å². The van der Waals surface area contributed by atoms with E-state index in [0.717, 1.165) is 48.5 Å². The molecule has 3 aromatic heterocycles. The average Bonchev–Trinajstić information content (AvgIpc) is 3.12. The molecule has 0 bridgehead atoms. The number of nitrogens with two attached hydrogens (primary N) is 1. The summed E-state index contributed by atoms with van der Waals surface area (Å²) in [6.07, 6.45) is 1.54. The van der Waals surface area contributed by atoms with Gasteiger partial charge in [-0.25, -0.2) is 15.0 Å². The number of nitrogens with zero attached hydrogens (tertiary/aromatic N) is 6. The van der Waals surface area contributed by atoms with E-state index in [4.69, 9.17) is 10.2 Å². The van der Waals surface area contributed by atoms with E-state index in [-0.39, 0.29) is 0 Å². The molecular formula is C18H17N7O. The summed E-state index contributed by atoms with van der Waals surface area (Å²) in [5, 5.41) is 0.914. The molecule has 4 heterocycles. The van der Waals surface area contributed by atoms with Gasteiger partial charge in [0.2, 0.25) is 0 Å². The van der Waals surface area contributed by atoms with Crippen molar-refractivity contribution in [2.45, 2.75) is 0 Å². The van der Waals surface area contributed by atoms with Gasteiger partial charge in [0, 0.05) is 26.2 Å². The lowest BCUT2D eigenvalue weighted by atomic mass is 10.2. The standard InChI is InChI=1S/C18H17N7O/c19-15-6-5-12-16(23-15)20-11-21-17(12)24-7-9-25(10-8-24)18-22-13-3-1-2-4-14(13)26-18/h1-6,11H,7-10H2,(H2,19,20,21,23). The van der Waals surface area contributed by atoms with E-state index >= 15 is 0 Å². The first-order valence-electron chi connectivity index (χ1n) is 8.51. The predicted octanol–water partition coefficient (Wildman–Crippen LogP) is 2.07. The third-order valence-electron chi connectivity index (χ3n) is 4.63. The van der Waals surface area contributed by atoms with Gasteiger partial charge in [0.05, 0.1) is 5.39 Å². The summed E-state index contributed by atoms with van der Waals surface area (Å²) in [5.41, 5.74) is 8.08. The van der Waals surface area contributed by atoms with Crippen molar-refractivity contribution in [1.82, 2.24) is 19.9 Å². The lowest BCUT2D eigenvalue weighted by molar-refractivity contribution is 0.541. The Morgan fingerprint density at radius 1 is 0.885 bits per heavy atom. The fourth-order valence-corrected chi connectivity index (χ4v) is 3.30. The number of aromatic nitrogens is 4. The Hall–Kier alpha value is -3.42. The second-order valence-corrected chi connectivity index (χ2v) is 6.24. The van der Waals surface area contributed by atoms with Gasteiger partial charge in [0.1, 0.15) is 23.5 Å². The van der Waals surface area contributed by atoms with Crippen molar-refractivity contribution in [1.29, 1.82) is 0 Å². The van der Waals surface area contributed by atoms with Crippen molar-refractivity contribution in [3.8, 4) is 0 Å². The Bertz CT molecular complexity index is 1050. The molecule has 1 aliphatic heterocycles. The van der Waals surface area contributed by atoms with Crippen LogP contribution in [0.15, 0.2) is 47.1 Å². The minimum Gasteiger partial charge on any atom is -0.423 e. The molecule has 0 radical (unpaired) electrons. The largest absolute Gasteiger partial charge is 0.423 e. The zero-order valence-electron chi connectivity index (χ0n) is 14.0. The van der Waals surface area contributed by atoms with Crippen LogP contribution < -0.4 is 15.5 Å². The Balaban J connectivity index is 1.39. The van der Waals surface area contributed by atoms with Crippen LogP contribution >= 0.6 is 0 Å². The van der Waals surface area contributed by atoms with Gasteiger partial charge in [0.25, 0.3) is 6.01 Å². The molecular weight excluding hydrogens is 330 g/mol. The highest BCUT2D eigenvalue weighted by molar-refractivity contribution is 5.87. The lowest BCUT2D eigenvalue weighted by Gasteiger charge is -2.34. The number of piperazine rings is 1. The van der Waals surface area contributed by atoms with Crippen molar-refractivity contribution in [2.24, 2.45) is 0 Å². The first-order chi connectivity index (χ1) is 12.8. The number of hydrogen-bond donors (Lipinski definition) is 1. The van der Waals surface area contributed by atoms with Crippen LogP contribution in [0.3, 0.4) is 0 Å². The molecule has 1 aliphatic rings. The fraction of sp³-hybridized carbons (Fsp3) is 0.222. The molecule has 0 aliphatic carbocycles. The first-order valence-corrected chi connectivity index (χ1v) is 8.51. The molecule has 1 fully saturated rings. The molecule has 8 nitrogen and oxygen atoms in total. The Kier molecular flexibility index (Phi) is 3.34. The second-order valence-electron chi connectivity index (χ2n) is 6.24. The van der Waals surface area contributed by atoms with E-state index in [1.54, 1.807) is 6.07 Å². The number of benzene rings is 1. The van der Waals surface area contributed by atoms with Gasteiger partial charge in [-0.1, -0.05) is 12.1 Å². The van der Waals surface area contributed by atoms with E-state index in [0.29, 0.717) is 17.5 Å². The van der Waals surface area contributed by atoms with Gasteiger partial charge in [-0.05, 0) is 24.3 Å². The van der Waals surface area contributed by atoms with Crippen LogP contribution in [-0.2, 0) is 0 Å². The SMILES string of the molecule is Nc1ccc2c(N3CCN(c4nc5ccccc5o4)CC3)ncnc2n1. The number of para-hydroxylation sites is 2. The molecule has 1 aromatic carbocycles. The molecule has 26 heavy (non-hydrogen) atoms. The predicted molar refractivity (Wildman–Crippen MR) is 100 cm³/mol. The monoisotopic (exact) mass is 347 g/mol. The normalized spacial score (nSPS) is 15.1. The van der Waals surface area contributed by atoms with Crippen molar-refractivity contribution >= 4 is 39.8 Å². The molecule has 1 saturated heterocycles. The summed E-state index contributed by atoms with van der Waals surface area (Å²) in [5.74, 6) is 1.35. The molecule has 0 amide bonds. The highest BCUT2D eigenvalue weighted by Gasteiger charge is 2.23. The van der Waals surface area contributed by atoms with Crippen molar-refractivity contribution in [2.75, 3.05) is 41.7 Å². The average molecular weight is 347 g/mol. The molecule has 8 heteroatoms. The van der Waals surface area contributed by atoms with Crippen LogP contribution in [0, 0.1) is 0 Å². The van der Waals surface area contributed by atoms with Gasteiger partial charge in [-0.15, -0.1) is 0 Å². The van der Waals surface area contributed by atoms with Crippen LogP contribution in [0.1, 0.15) is 0 Å². The lowest BCUT2D eigenvalue weighted by Crippen LogP contribution is -2.47. The molecule has 0 saturated carbocycles. The third-order valence-corrected chi connectivity index (χ3v) is 4.63. The van der Waals surface area contributed by atoms with Crippen LogP contribution in [-0.4, -0.2) is 46.1 Å². The summed E-state index contributed by atoms with van der Waals surface area (Å²) < 4.78 is 5.88. The molecule has 0 atom stereocenters. The molecule has 4 aromatic rings. The highest BCUT2D eigenvalue weighted by Crippen LogP contribution is 2.26. The summed E-state index contributed by atoms with van der Waals surface area (Å²) in [4.78, 5) is 22.0. The van der Waals surface area contributed by atoms with E-state index in [1.807, 2.05) is 30.3 Å². The van der Waals surface area contributed by atoms with Crippen LogP contribution in [0.5, 0.6) is 0 Å². The number of anilines is 3. The van der Waals surface area contributed by atoms with Crippen molar-refractivity contribution < 1.29 is 4.42 Å². The van der Waals surface area contributed by atoms with Crippen LogP contribution in [0.4, 0.5) is 17.7 Å². The Labute approximate surface area is 149 Å². The number of fused-ring (bicyclic) bond motifs is 2. The maximum atomic E-state index is 5.88. The topological polar surface area (TPSA) is 97.2 Å². The zero-order valence-corrected chi connectivity index (χ0v) is 14.0. The van der Waals surface area contributed by atoms with E-state index < -0.39 is 0 Å². The number of oxazole rings is 1. The van der Waals surface area contributed by atoms with Gasteiger partial charge in [0.15, 0.2) is 11.2 Å². The van der Waals surface area contributed by atoms with Gasteiger partial charge in [-0.3, -0.25) is 0 Å². The molecule has 0 spiro atoms. The van der Waals surface area contributed by atoms with Crippen molar-refractivity contribution in [3.05, 3.63) is 42.7 Å². The molecule has 0 unspecified atom stereocenters. The van der Waals surface area contributed by atoms with E-state index in [2.05, 4.69) is 29.7 Å². The number of rotatable bonds is 2. The minimum atomic E-state index is 0.461. The summed E-state index contributed by atoms with van der Waals surface area (Å²) >= 11 is 0. The van der Waals surface area contributed by atoms with Gasteiger partial charge >= 0.3 is 0 Å². The number of pyridine rings is 1.